The highest BCUT2D eigenvalue weighted by atomic mass is 79.9. The van der Waals surface area contributed by atoms with Gasteiger partial charge in [0.25, 0.3) is 0 Å². The standard InChI is InChI=1S/C11H20BrN3/c1-4-6-7-9(5-2)15-11(13)10(12)8(3)14-15/h9H,4-7,13H2,1-3H3. The Morgan fingerprint density at radius 2 is 2.13 bits per heavy atom. The number of nitrogen functional groups attached to an aromatic ring is 1. The maximum atomic E-state index is 6.01. The van der Waals surface area contributed by atoms with E-state index in [1.54, 1.807) is 0 Å². The fourth-order valence-corrected chi connectivity index (χ4v) is 2.02. The van der Waals surface area contributed by atoms with Crippen molar-refractivity contribution in [1.82, 2.24) is 9.78 Å². The van der Waals surface area contributed by atoms with Crippen LogP contribution in [0.25, 0.3) is 0 Å². The van der Waals surface area contributed by atoms with Gasteiger partial charge in [0.2, 0.25) is 0 Å². The number of aryl methyl sites for hydroxylation is 1. The summed E-state index contributed by atoms with van der Waals surface area (Å²) in [6.07, 6.45) is 4.69. The zero-order chi connectivity index (χ0) is 11.4. The van der Waals surface area contributed by atoms with Crippen LogP contribution in [0.15, 0.2) is 4.47 Å². The first-order valence-corrected chi connectivity index (χ1v) is 6.41. The molecule has 1 rings (SSSR count). The molecule has 4 heteroatoms. The fraction of sp³-hybridized carbons (Fsp3) is 0.727. The van der Waals surface area contributed by atoms with Gasteiger partial charge in [-0.1, -0.05) is 26.7 Å². The van der Waals surface area contributed by atoms with Gasteiger partial charge in [0.05, 0.1) is 16.2 Å². The lowest BCUT2D eigenvalue weighted by atomic mass is 10.1. The Bertz CT molecular complexity index is 320. The molecule has 0 amide bonds. The first-order chi connectivity index (χ1) is 7.11. The number of hydrogen-bond acceptors (Lipinski definition) is 2. The highest BCUT2D eigenvalue weighted by Crippen LogP contribution is 2.29. The molecule has 1 heterocycles. The van der Waals surface area contributed by atoms with Gasteiger partial charge in [-0.2, -0.15) is 5.10 Å². The number of nitrogens with two attached hydrogens (primary N) is 1. The van der Waals surface area contributed by atoms with Crippen LogP contribution in [0.2, 0.25) is 0 Å². The van der Waals surface area contributed by atoms with E-state index in [9.17, 15) is 0 Å². The van der Waals surface area contributed by atoms with Gasteiger partial charge >= 0.3 is 0 Å². The molecule has 2 N–H and O–H groups in total. The van der Waals surface area contributed by atoms with Gasteiger partial charge in [-0.05, 0) is 35.7 Å². The van der Waals surface area contributed by atoms with Crippen LogP contribution in [0.3, 0.4) is 0 Å². The van der Waals surface area contributed by atoms with Gasteiger partial charge in [0.15, 0.2) is 0 Å². The minimum absolute atomic E-state index is 0.440. The van der Waals surface area contributed by atoms with E-state index in [0.29, 0.717) is 6.04 Å². The van der Waals surface area contributed by atoms with Crippen LogP contribution < -0.4 is 5.73 Å². The smallest absolute Gasteiger partial charge is 0.136 e. The van der Waals surface area contributed by atoms with Crippen molar-refractivity contribution in [2.45, 2.75) is 52.5 Å². The Labute approximate surface area is 100 Å². The van der Waals surface area contributed by atoms with Crippen molar-refractivity contribution in [3.63, 3.8) is 0 Å². The number of hydrogen-bond donors (Lipinski definition) is 1. The normalized spacial score (nSPS) is 13.1. The first-order valence-electron chi connectivity index (χ1n) is 5.61. The molecule has 0 saturated carbocycles. The van der Waals surface area contributed by atoms with Crippen LogP contribution in [0.1, 0.15) is 51.3 Å². The molecule has 0 spiro atoms. The highest BCUT2D eigenvalue weighted by Gasteiger charge is 2.16. The van der Waals surface area contributed by atoms with Crippen LogP contribution in [0, 0.1) is 6.92 Å². The number of halogens is 1. The molecule has 0 bridgehead atoms. The summed E-state index contributed by atoms with van der Waals surface area (Å²) >= 11 is 3.46. The Morgan fingerprint density at radius 1 is 1.47 bits per heavy atom. The predicted octanol–water partition coefficient (Wildman–Crippen LogP) is 3.68. The summed E-state index contributed by atoms with van der Waals surface area (Å²) in [6, 6.07) is 0.440. The van der Waals surface area contributed by atoms with E-state index >= 15 is 0 Å². The third-order valence-corrected chi connectivity index (χ3v) is 3.74. The number of nitrogens with zero attached hydrogens (tertiary/aromatic N) is 2. The minimum Gasteiger partial charge on any atom is -0.383 e. The molecular weight excluding hydrogens is 254 g/mol. The second-order valence-electron chi connectivity index (χ2n) is 3.93. The summed E-state index contributed by atoms with van der Waals surface area (Å²) < 4.78 is 2.91. The summed E-state index contributed by atoms with van der Waals surface area (Å²) in [6.45, 7) is 6.37. The molecule has 86 valence electrons. The first kappa shape index (κ1) is 12.6. The molecule has 0 aliphatic heterocycles. The van der Waals surface area contributed by atoms with E-state index in [2.05, 4.69) is 34.9 Å². The maximum Gasteiger partial charge on any atom is 0.136 e. The van der Waals surface area contributed by atoms with Crippen LogP contribution in [0.5, 0.6) is 0 Å². The predicted molar refractivity (Wildman–Crippen MR) is 67.9 cm³/mol. The molecule has 1 atom stereocenters. The average Bonchev–Trinajstić information content (AvgIpc) is 2.48. The van der Waals surface area contributed by atoms with E-state index in [1.807, 2.05) is 11.6 Å². The summed E-state index contributed by atoms with van der Waals surface area (Å²) in [4.78, 5) is 0. The van der Waals surface area contributed by atoms with Gasteiger partial charge in [0.1, 0.15) is 5.82 Å². The monoisotopic (exact) mass is 273 g/mol. The van der Waals surface area contributed by atoms with Crippen molar-refractivity contribution >= 4 is 21.7 Å². The van der Waals surface area contributed by atoms with E-state index in [0.717, 1.165) is 28.8 Å². The largest absolute Gasteiger partial charge is 0.383 e. The second kappa shape index (κ2) is 5.54. The Hall–Kier alpha value is -0.510. The van der Waals surface area contributed by atoms with Crippen LogP contribution in [0.4, 0.5) is 5.82 Å². The molecule has 0 radical (unpaired) electrons. The third kappa shape index (κ3) is 2.74. The van der Waals surface area contributed by atoms with Crippen LogP contribution in [-0.2, 0) is 0 Å². The Kier molecular flexibility index (Phi) is 4.64. The molecule has 3 nitrogen and oxygen atoms in total. The molecule has 0 aliphatic rings. The molecule has 0 saturated heterocycles. The van der Waals surface area contributed by atoms with E-state index in [-0.39, 0.29) is 0 Å². The number of aromatic nitrogens is 2. The Morgan fingerprint density at radius 3 is 2.53 bits per heavy atom. The summed E-state index contributed by atoms with van der Waals surface area (Å²) in [5, 5.41) is 4.48. The minimum atomic E-state index is 0.440. The van der Waals surface area contributed by atoms with Gasteiger partial charge in [-0.25, -0.2) is 4.68 Å². The van der Waals surface area contributed by atoms with Crippen molar-refractivity contribution in [2.75, 3.05) is 5.73 Å². The molecule has 0 fully saturated rings. The fourth-order valence-electron chi connectivity index (χ4n) is 1.76. The molecule has 0 aliphatic carbocycles. The topological polar surface area (TPSA) is 43.8 Å². The maximum absolute atomic E-state index is 6.01. The lowest BCUT2D eigenvalue weighted by molar-refractivity contribution is 0.404. The van der Waals surface area contributed by atoms with E-state index in [4.69, 9.17) is 5.73 Å². The van der Waals surface area contributed by atoms with Gasteiger partial charge in [0, 0.05) is 0 Å². The second-order valence-corrected chi connectivity index (χ2v) is 4.73. The zero-order valence-corrected chi connectivity index (χ0v) is 11.3. The number of rotatable bonds is 5. The molecule has 15 heavy (non-hydrogen) atoms. The molecular formula is C11H20BrN3. The van der Waals surface area contributed by atoms with Gasteiger partial charge < -0.3 is 5.73 Å². The zero-order valence-electron chi connectivity index (χ0n) is 9.76. The van der Waals surface area contributed by atoms with E-state index < -0.39 is 0 Å². The molecule has 1 unspecified atom stereocenters. The number of anilines is 1. The SMILES string of the molecule is CCCCC(CC)n1nc(C)c(Br)c1N. The van der Waals surface area contributed by atoms with Crippen molar-refractivity contribution in [3.8, 4) is 0 Å². The summed E-state index contributed by atoms with van der Waals surface area (Å²) in [7, 11) is 0. The molecule has 1 aromatic heterocycles. The van der Waals surface area contributed by atoms with Crippen molar-refractivity contribution in [3.05, 3.63) is 10.2 Å². The van der Waals surface area contributed by atoms with Crippen LogP contribution in [-0.4, -0.2) is 9.78 Å². The molecule has 1 aromatic rings. The lowest BCUT2D eigenvalue weighted by Gasteiger charge is -2.16. The summed E-state index contributed by atoms with van der Waals surface area (Å²) in [5.41, 5.74) is 6.98. The average molecular weight is 274 g/mol. The lowest BCUT2D eigenvalue weighted by Crippen LogP contribution is -2.12. The quantitative estimate of drug-likeness (QED) is 0.890. The molecule has 0 aromatic carbocycles. The summed E-state index contributed by atoms with van der Waals surface area (Å²) in [5.74, 6) is 0.760. The third-order valence-electron chi connectivity index (χ3n) is 2.76. The highest BCUT2D eigenvalue weighted by molar-refractivity contribution is 9.10. The van der Waals surface area contributed by atoms with Crippen molar-refractivity contribution in [1.29, 1.82) is 0 Å². The van der Waals surface area contributed by atoms with E-state index in [1.165, 1.54) is 12.8 Å². The number of unbranched alkanes of at least 4 members (excludes halogenated alkanes) is 1. The van der Waals surface area contributed by atoms with Gasteiger partial charge in [-0.15, -0.1) is 0 Å². The Balaban J connectivity index is 2.86. The van der Waals surface area contributed by atoms with Crippen molar-refractivity contribution in [2.24, 2.45) is 0 Å². The van der Waals surface area contributed by atoms with Gasteiger partial charge in [-0.3, -0.25) is 0 Å². The van der Waals surface area contributed by atoms with Crippen LogP contribution >= 0.6 is 15.9 Å². The van der Waals surface area contributed by atoms with Crippen molar-refractivity contribution < 1.29 is 0 Å².